The highest BCUT2D eigenvalue weighted by molar-refractivity contribution is 6.30. The van der Waals surface area contributed by atoms with Crippen LogP contribution in [0.25, 0.3) is 5.57 Å². The summed E-state index contributed by atoms with van der Waals surface area (Å²) in [6.45, 7) is 0.985. The largest absolute Gasteiger partial charge is 0.449 e. The number of halogens is 6. The summed E-state index contributed by atoms with van der Waals surface area (Å²) in [5.41, 5.74) is -0.432. The van der Waals surface area contributed by atoms with Gasteiger partial charge in [0.15, 0.2) is 17.3 Å². The number of aromatic nitrogens is 2. The first-order valence-corrected chi connectivity index (χ1v) is 10.8. The van der Waals surface area contributed by atoms with Crippen LogP contribution >= 0.6 is 11.6 Å². The van der Waals surface area contributed by atoms with Crippen LogP contribution in [0.4, 0.5) is 22.0 Å². The van der Waals surface area contributed by atoms with Gasteiger partial charge in [-0.3, -0.25) is 14.2 Å². The predicted octanol–water partition coefficient (Wildman–Crippen LogP) is 5.06. The molecule has 1 amide bonds. The second-order valence-electron chi connectivity index (χ2n) is 7.55. The number of nitrogens with zero attached hydrogens (tertiary/aromatic N) is 4. The summed E-state index contributed by atoms with van der Waals surface area (Å²) < 4.78 is 73.7. The molecule has 0 unspecified atom stereocenters. The number of allylic oxidation sites excluding steroid dienone is 2. The molecule has 38 heavy (non-hydrogen) atoms. The zero-order valence-electron chi connectivity index (χ0n) is 19.2. The average Bonchev–Trinajstić information content (AvgIpc) is 2.85. The van der Waals surface area contributed by atoms with Crippen molar-refractivity contribution in [1.82, 2.24) is 15.0 Å². The van der Waals surface area contributed by atoms with Crippen LogP contribution in [0.5, 0.6) is 11.5 Å². The maximum absolute atomic E-state index is 13.6. The Bertz CT molecular complexity index is 1540. The Balaban J connectivity index is 2.07. The Morgan fingerprint density at radius 3 is 2.61 bits per heavy atom. The zero-order chi connectivity index (χ0) is 28.0. The molecule has 0 aliphatic carbocycles. The number of rotatable bonds is 8. The molecule has 0 fully saturated rings. The van der Waals surface area contributed by atoms with Crippen LogP contribution in [0, 0.1) is 23.0 Å². The molecule has 3 aromatic rings. The topological polar surface area (TPSA) is 109 Å². The van der Waals surface area contributed by atoms with E-state index in [1.54, 1.807) is 6.07 Å². The number of hydrogen-bond acceptors (Lipinski definition) is 6. The third-order valence-electron chi connectivity index (χ3n) is 4.84. The highest BCUT2D eigenvalue weighted by Crippen LogP contribution is 2.35. The molecule has 0 saturated heterocycles. The number of amides is 1. The van der Waals surface area contributed by atoms with Gasteiger partial charge in [-0.05, 0) is 54.5 Å². The van der Waals surface area contributed by atoms with Gasteiger partial charge >= 0.3 is 6.18 Å². The molecule has 1 aromatic heterocycles. The van der Waals surface area contributed by atoms with E-state index in [0.717, 1.165) is 28.8 Å². The van der Waals surface area contributed by atoms with Crippen molar-refractivity contribution in [3.05, 3.63) is 92.6 Å². The van der Waals surface area contributed by atoms with Crippen LogP contribution in [0.2, 0.25) is 5.02 Å². The SMILES string of the molecule is C/C(=C\C(Cn1cnc(C(F)(F)F)c(Oc2cc(Cl)cc(C#N)c2)c1=O)=N/NC=O)c1ccc(F)c(F)c1. The number of ether oxygens (including phenoxy) is 1. The molecule has 0 aliphatic heterocycles. The third kappa shape index (κ3) is 6.80. The lowest BCUT2D eigenvalue weighted by atomic mass is 10.1. The van der Waals surface area contributed by atoms with E-state index >= 15 is 0 Å². The standard InChI is InChI=1S/C24H15ClF5N5O3/c1-13(15-2-3-19(26)20(27)7-15)4-17(34-33-12-36)10-35-11-32-22(24(28,29)30)21(23(35)37)38-18-6-14(9-31)5-16(25)8-18/h2-8,11-12H,10H2,1H3,(H,33,36)/b13-4+,34-17+. The van der Waals surface area contributed by atoms with Gasteiger partial charge in [0.1, 0.15) is 5.75 Å². The number of alkyl halides is 3. The number of nitrogens with one attached hydrogen (secondary N) is 1. The van der Waals surface area contributed by atoms with Gasteiger partial charge in [0, 0.05) is 5.02 Å². The molecular formula is C24H15ClF5N5O3. The van der Waals surface area contributed by atoms with Crippen molar-refractivity contribution >= 4 is 29.3 Å². The molecule has 0 bridgehead atoms. The van der Waals surface area contributed by atoms with Crippen LogP contribution in [-0.2, 0) is 17.5 Å². The van der Waals surface area contributed by atoms with Crippen LogP contribution in [0.1, 0.15) is 23.7 Å². The molecule has 1 heterocycles. The fraction of sp³-hybridized carbons (Fsp3) is 0.125. The Morgan fingerprint density at radius 1 is 1.24 bits per heavy atom. The van der Waals surface area contributed by atoms with Gasteiger partial charge in [-0.2, -0.15) is 23.5 Å². The summed E-state index contributed by atoms with van der Waals surface area (Å²) >= 11 is 5.88. The maximum atomic E-state index is 13.6. The van der Waals surface area contributed by atoms with Crippen LogP contribution in [-0.4, -0.2) is 21.7 Å². The minimum Gasteiger partial charge on any atom is -0.449 e. The first-order valence-electron chi connectivity index (χ1n) is 10.4. The Kier molecular flexibility index (Phi) is 8.59. The molecule has 0 atom stereocenters. The van der Waals surface area contributed by atoms with Crippen LogP contribution in [0.15, 0.2) is 58.7 Å². The van der Waals surface area contributed by atoms with Crippen molar-refractivity contribution in [2.75, 3.05) is 0 Å². The molecule has 8 nitrogen and oxygen atoms in total. The lowest BCUT2D eigenvalue weighted by Crippen LogP contribution is -2.29. The Labute approximate surface area is 216 Å². The summed E-state index contributed by atoms with van der Waals surface area (Å²) in [7, 11) is 0. The van der Waals surface area contributed by atoms with E-state index in [1.807, 2.05) is 5.43 Å². The summed E-state index contributed by atoms with van der Waals surface area (Å²) in [6.07, 6.45) is -2.98. The summed E-state index contributed by atoms with van der Waals surface area (Å²) in [4.78, 5) is 27.2. The highest BCUT2D eigenvalue weighted by atomic mass is 35.5. The summed E-state index contributed by atoms with van der Waals surface area (Å²) in [5, 5.41) is 12.8. The molecule has 0 saturated carbocycles. The second-order valence-corrected chi connectivity index (χ2v) is 7.99. The smallest absolute Gasteiger partial charge is 0.437 e. The van der Waals surface area contributed by atoms with E-state index in [1.165, 1.54) is 25.1 Å². The fourth-order valence-corrected chi connectivity index (χ4v) is 3.38. The molecule has 2 aromatic carbocycles. The van der Waals surface area contributed by atoms with Crippen molar-refractivity contribution in [2.45, 2.75) is 19.6 Å². The first kappa shape index (κ1) is 28.0. The van der Waals surface area contributed by atoms with Gasteiger partial charge in [-0.15, -0.1) is 0 Å². The number of nitriles is 1. The minimum absolute atomic E-state index is 0.0241. The third-order valence-corrected chi connectivity index (χ3v) is 5.05. The second kappa shape index (κ2) is 11.7. The van der Waals surface area contributed by atoms with Gasteiger partial charge in [0.25, 0.3) is 5.56 Å². The van der Waals surface area contributed by atoms with E-state index in [-0.39, 0.29) is 34.0 Å². The minimum atomic E-state index is -5.08. The van der Waals surface area contributed by atoms with E-state index in [9.17, 15) is 31.5 Å². The van der Waals surface area contributed by atoms with Gasteiger partial charge in [0.05, 0.1) is 30.2 Å². The maximum Gasteiger partial charge on any atom is 0.437 e. The molecule has 196 valence electrons. The van der Waals surface area contributed by atoms with Gasteiger partial charge in [-0.25, -0.2) is 19.2 Å². The monoisotopic (exact) mass is 551 g/mol. The van der Waals surface area contributed by atoms with Gasteiger partial charge in [0.2, 0.25) is 12.2 Å². The molecule has 1 N–H and O–H groups in total. The lowest BCUT2D eigenvalue weighted by molar-refractivity contribution is -0.142. The van der Waals surface area contributed by atoms with Crippen molar-refractivity contribution in [2.24, 2.45) is 5.10 Å². The summed E-state index contributed by atoms with van der Waals surface area (Å²) in [5.74, 6) is -3.71. The summed E-state index contributed by atoms with van der Waals surface area (Å²) in [6, 6.07) is 8.26. The zero-order valence-corrected chi connectivity index (χ0v) is 19.9. The number of carbonyl (C=O) groups excluding carboxylic acids is 1. The number of hydrogen-bond donors (Lipinski definition) is 1. The molecule has 0 aliphatic rings. The Morgan fingerprint density at radius 2 is 1.97 bits per heavy atom. The Hall–Kier alpha value is -4.57. The molecule has 14 heteroatoms. The van der Waals surface area contributed by atoms with E-state index < -0.39 is 41.4 Å². The number of carbonyl (C=O) groups is 1. The van der Waals surface area contributed by atoms with Gasteiger partial charge < -0.3 is 4.74 Å². The van der Waals surface area contributed by atoms with Crippen LogP contribution in [0.3, 0.4) is 0 Å². The quantitative estimate of drug-likeness (QED) is 0.182. The fourth-order valence-electron chi connectivity index (χ4n) is 3.15. The van der Waals surface area contributed by atoms with Crippen molar-refractivity contribution < 1.29 is 31.5 Å². The molecule has 0 radical (unpaired) electrons. The van der Waals surface area contributed by atoms with E-state index in [2.05, 4.69) is 10.1 Å². The highest BCUT2D eigenvalue weighted by Gasteiger charge is 2.38. The first-order chi connectivity index (χ1) is 17.9. The molecular weight excluding hydrogens is 537 g/mol. The average molecular weight is 552 g/mol. The van der Waals surface area contributed by atoms with Crippen molar-refractivity contribution in [3.8, 4) is 17.6 Å². The predicted molar refractivity (Wildman–Crippen MR) is 126 cm³/mol. The van der Waals surface area contributed by atoms with Crippen molar-refractivity contribution in [3.63, 3.8) is 0 Å². The number of benzene rings is 2. The lowest BCUT2D eigenvalue weighted by Gasteiger charge is -2.15. The molecule has 0 spiro atoms. The van der Waals surface area contributed by atoms with Crippen LogP contribution < -0.4 is 15.7 Å². The molecule has 3 rings (SSSR count). The normalized spacial score (nSPS) is 12.2. The van der Waals surface area contributed by atoms with Gasteiger partial charge in [-0.1, -0.05) is 17.7 Å². The van der Waals surface area contributed by atoms with E-state index in [4.69, 9.17) is 21.6 Å². The van der Waals surface area contributed by atoms with Crippen molar-refractivity contribution in [1.29, 1.82) is 5.26 Å². The van der Waals surface area contributed by atoms with E-state index in [0.29, 0.717) is 11.9 Å². The number of hydrazone groups is 1.